The second-order valence-corrected chi connectivity index (χ2v) is 5.26. The molecular formula is C15H23NO2. The van der Waals surface area contributed by atoms with Crippen molar-refractivity contribution in [2.45, 2.75) is 51.7 Å². The van der Waals surface area contributed by atoms with E-state index in [1.165, 1.54) is 0 Å². The molecule has 1 aromatic carbocycles. The van der Waals surface area contributed by atoms with Gasteiger partial charge in [-0.2, -0.15) is 0 Å². The molecule has 2 rings (SSSR count). The molecule has 0 aliphatic carbocycles. The van der Waals surface area contributed by atoms with Crippen molar-refractivity contribution in [2.24, 2.45) is 5.73 Å². The van der Waals surface area contributed by atoms with Crippen molar-refractivity contribution in [1.82, 2.24) is 0 Å². The largest absolute Gasteiger partial charge is 0.493 e. The van der Waals surface area contributed by atoms with Gasteiger partial charge in [-0.15, -0.1) is 0 Å². The fourth-order valence-electron chi connectivity index (χ4n) is 2.32. The Morgan fingerprint density at radius 3 is 2.89 bits per heavy atom. The number of hydrogen-bond donors (Lipinski definition) is 1. The van der Waals surface area contributed by atoms with Gasteiger partial charge in [0, 0.05) is 24.1 Å². The summed E-state index contributed by atoms with van der Waals surface area (Å²) in [5.41, 5.74) is 7.16. The molecule has 2 atom stereocenters. The van der Waals surface area contributed by atoms with E-state index in [4.69, 9.17) is 15.2 Å². The van der Waals surface area contributed by atoms with Crippen LogP contribution in [0.4, 0.5) is 0 Å². The normalized spacial score (nSPS) is 26.3. The van der Waals surface area contributed by atoms with Crippen LogP contribution in [0.2, 0.25) is 0 Å². The Bertz CT molecular complexity index is 419. The number of fused-ring (bicyclic) bond motifs is 1. The third-order valence-electron chi connectivity index (χ3n) is 3.61. The van der Waals surface area contributed by atoms with Gasteiger partial charge in [0.25, 0.3) is 0 Å². The molecular weight excluding hydrogens is 226 g/mol. The number of ether oxygens (including phenoxy) is 2. The summed E-state index contributed by atoms with van der Waals surface area (Å²) in [6, 6.07) is 6.03. The summed E-state index contributed by atoms with van der Waals surface area (Å²) in [5, 5.41) is 0. The minimum absolute atomic E-state index is 0.0546. The molecule has 0 amide bonds. The second-order valence-electron chi connectivity index (χ2n) is 5.26. The van der Waals surface area contributed by atoms with Crippen LogP contribution in [0.5, 0.6) is 11.5 Å². The van der Waals surface area contributed by atoms with Crippen LogP contribution < -0.4 is 15.2 Å². The lowest BCUT2D eigenvalue weighted by Gasteiger charge is -2.38. The van der Waals surface area contributed by atoms with E-state index >= 15 is 0 Å². The van der Waals surface area contributed by atoms with Gasteiger partial charge in [0.1, 0.15) is 17.1 Å². The third-order valence-corrected chi connectivity index (χ3v) is 3.61. The van der Waals surface area contributed by atoms with Crippen LogP contribution in [-0.2, 0) is 0 Å². The van der Waals surface area contributed by atoms with Crippen LogP contribution in [0.1, 0.15) is 51.6 Å². The smallest absolute Gasteiger partial charge is 0.128 e. The van der Waals surface area contributed by atoms with E-state index < -0.39 is 0 Å². The molecule has 1 heterocycles. The lowest BCUT2D eigenvalue weighted by atomic mass is 9.87. The van der Waals surface area contributed by atoms with Gasteiger partial charge in [-0.3, -0.25) is 0 Å². The Morgan fingerprint density at radius 2 is 2.22 bits per heavy atom. The monoisotopic (exact) mass is 249 g/mol. The number of benzene rings is 1. The Hall–Kier alpha value is -1.22. The summed E-state index contributed by atoms with van der Waals surface area (Å²) in [5.74, 6) is 1.75. The quantitative estimate of drug-likeness (QED) is 0.889. The summed E-state index contributed by atoms with van der Waals surface area (Å²) in [6.07, 6.45) is 2.83. The van der Waals surface area contributed by atoms with Gasteiger partial charge in [-0.25, -0.2) is 0 Å². The minimum atomic E-state index is -0.157. The minimum Gasteiger partial charge on any atom is -0.493 e. The van der Waals surface area contributed by atoms with Crippen LogP contribution in [0, 0.1) is 0 Å². The molecule has 1 aliphatic rings. The highest BCUT2D eigenvalue weighted by Crippen LogP contribution is 2.41. The molecule has 100 valence electrons. The second kappa shape index (κ2) is 5.19. The average molecular weight is 249 g/mol. The van der Waals surface area contributed by atoms with Crippen LogP contribution in [0.3, 0.4) is 0 Å². The lowest BCUT2D eigenvalue weighted by molar-refractivity contribution is 0.0499. The van der Waals surface area contributed by atoms with Crippen LogP contribution in [0.15, 0.2) is 18.2 Å². The van der Waals surface area contributed by atoms with Gasteiger partial charge in [-0.1, -0.05) is 19.9 Å². The first-order chi connectivity index (χ1) is 8.58. The molecule has 0 bridgehead atoms. The molecule has 1 aliphatic heterocycles. The molecule has 0 saturated heterocycles. The van der Waals surface area contributed by atoms with Crippen molar-refractivity contribution >= 4 is 0 Å². The zero-order chi connectivity index (χ0) is 13.2. The molecule has 3 nitrogen and oxygen atoms in total. The predicted molar refractivity (Wildman–Crippen MR) is 73.1 cm³/mol. The van der Waals surface area contributed by atoms with E-state index in [2.05, 4.69) is 20.8 Å². The van der Waals surface area contributed by atoms with Crippen molar-refractivity contribution in [3.8, 4) is 11.5 Å². The number of rotatable bonds is 4. The summed E-state index contributed by atoms with van der Waals surface area (Å²) >= 11 is 0. The predicted octanol–water partition coefficient (Wildman–Crippen LogP) is 3.43. The van der Waals surface area contributed by atoms with Gasteiger partial charge in [0.05, 0.1) is 6.61 Å². The van der Waals surface area contributed by atoms with Gasteiger partial charge in [0.2, 0.25) is 0 Å². The lowest BCUT2D eigenvalue weighted by Crippen LogP contribution is -2.39. The maximum atomic E-state index is 6.23. The average Bonchev–Trinajstić information content (AvgIpc) is 2.35. The third kappa shape index (κ3) is 2.61. The first-order valence-corrected chi connectivity index (χ1v) is 6.79. The molecule has 0 aromatic heterocycles. The molecule has 1 aromatic rings. The van der Waals surface area contributed by atoms with Crippen molar-refractivity contribution in [2.75, 3.05) is 6.61 Å². The van der Waals surface area contributed by atoms with Crippen LogP contribution in [0.25, 0.3) is 0 Å². The Labute approximate surface area is 109 Å². The molecule has 0 saturated carbocycles. The van der Waals surface area contributed by atoms with Gasteiger partial charge >= 0.3 is 0 Å². The molecule has 0 fully saturated rings. The van der Waals surface area contributed by atoms with Crippen molar-refractivity contribution in [3.63, 3.8) is 0 Å². The van der Waals surface area contributed by atoms with E-state index in [9.17, 15) is 0 Å². The highest BCUT2D eigenvalue weighted by atomic mass is 16.5. The zero-order valence-electron chi connectivity index (χ0n) is 11.5. The molecule has 2 unspecified atom stereocenters. The molecule has 0 spiro atoms. The highest BCUT2D eigenvalue weighted by Gasteiger charge is 2.34. The van der Waals surface area contributed by atoms with E-state index in [-0.39, 0.29) is 11.6 Å². The summed E-state index contributed by atoms with van der Waals surface area (Å²) in [4.78, 5) is 0. The van der Waals surface area contributed by atoms with E-state index in [1.807, 2.05) is 18.2 Å². The Kier molecular flexibility index (Phi) is 3.81. The van der Waals surface area contributed by atoms with Crippen molar-refractivity contribution in [3.05, 3.63) is 23.8 Å². The van der Waals surface area contributed by atoms with Crippen LogP contribution in [-0.4, -0.2) is 12.2 Å². The summed E-state index contributed by atoms with van der Waals surface area (Å²) < 4.78 is 11.7. The summed E-state index contributed by atoms with van der Waals surface area (Å²) in [6.45, 7) is 7.08. The van der Waals surface area contributed by atoms with E-state index in [1.54, 1.807) is 0 Å². The number of nitrogens with two attached hydrogens (primary N) is 1. The first-order valence-electron chi connectivity index (χ1n) is 6.79. The SMILES string of the molecule is CCCOc1ccc2c(c1)OC(C)(CC)CC2N. The van der Waals surface area contributed by atoms with Crippen molar-refractivity contribution in [1.29, 1.82) is 0 Å². The topological polar surface area (TPSA) is 44.5 Å². The molecule has 3 heteroatoms. The summed E-state index contributed by atoms with van der Waals surface area (Å²) in [7, 11) is 0. The van der Waals surface area contributed by atoms with E-state index in [0.717, 1.165) is 42.9 Å². The molecule has 2 N–H and O–H groups in total. The van der Waals surface area contributed by atoms with E-state index in [0.29, 0.717) is 0 Å². The highest BCUT2D eigenvalue weighted by molar-refractivity contribution is 5.44. The van der Waals surface area contributed by atoms with Crippen molar-refractivity contribution < 1.29 is 9.47 Å². The van der Waals surface area contributed by atoms with Gasteiger partial charge in [-0.05, 0) is 25.8 Å². The zero-order valence-corrected chi connectivity index (χ0v) is 11.5. The fraction of sp³-hybridized carbons (Fsp3) is 0.600. The molecule has 0 radical (unpaired) electrons. The maximum Gasteiger partial charge on any atom is 0.128 e. The molecule has 18 heavy (non-hydrogen) atoms. The fourth-order valence-corrected chi connectivity index (χ4v) is 2.32. The number of hydrogen-bond acceptors (Lipinski definition) is 3. The maximum absolute atomic E-state index is 6.23. The first kappa shape index (κ1) is 13.2. The van der Waals surface area contributed by atoms with Gasteiger partial charge < -0.3 is 15.2 Å². The standard InChI is InChI=1S/C15H23NO2/c1-4-8-17-11-6-7-12-13(16)10-15(3,5-2)18-14(12)9-11/h6-7,9,13H,4-5,8,10,16H2,1-3H3. The van der Waals surface area contributed by atoms with Gasteiger partial charge in [0.15, 0.2) is 0 Å². The Balaban J connectivity index is 2.25. The van der Waals surface area contributed by atoms with Crippen LogP contribution >= 0.6 is 0 Å². The Morgan fingerprint density at radius 1 is 1.44 bits per heavy atom.